The molecule has 27 heavy (non-hydrogen) atoms. The molecule has 0 radical (unpaired) electrons. The molecule has 1 aliphatic carbocycles. The van der Waals surface area contributed by atoms with E-state index in [1.165, 1.54) is 0 Å². The maximum absolute atomic E-state index is 13.1. The predicted molar refractivity (Wildman–Crippen MR) is 105 cm³/mol. The summed E-state index contributed by atoms with van der Waals surface area (Å²) in [5, 5.41) is 11.5. The van der Waals surface area contributed by atoms with Crippen LogP contribution in [0.4, 0.5) is 4.79 Å². The van der Waals surface area contributed by atoms with E-state index in [9.17, 15) is 9.59 Å². The standard InChI is InChI=1S/C19H28N4O3Si/c1-11(2)16(22-19(25)26)18(24)23-14-8-12(14)9-15(23)17-20-10-13(21-17)6-7-27(3,4)5/h10-12,14-16,22H,8-9H2,1-5H3,(H,20,21)(H,25,26)/t12-,14-,15+,16+/m1/s1. The smallest absolute Gasteiger partial charge is 0.405 e. The Bertz CT molecular complexity index is 802. The van der Waals surface area contributed by atoms with Gasteiger partial charge in [0.25, 0.3) is 0 Å². The minimum atomic E-state index is -1.48. The number of H-pyrrole nitrogens is 1. The lowest BCUT2D eigenvalue weighted by atomic mass is 10.0. The number of carbonyl (C=O) groups excluding carboxylic acids is 1. The van der Waals surface area contributed by atoms with Gasteiger partial charge in [-0.3, -0.25) is 4.79 Å². The number of likely N-dealkylation sites (tertiary alicyclic amines) is 1. The highest BCUT2D eigenvalue weighted by molar-refractivity contribution is 6.83. The lowest BCUT2D eigenvalue weighted by molar-refractivity contribution is -0.136. The molecule has 4 atom stereocenters. The zero-order valence-corrected chi connectivity index (χ0v) is 17.5. The van der Waals surface area contributed by atoms with Crippen LogP contribution in [0.1, 0.15) is 44.2 Å². The molecule has 2 amide bonds. The van der Waals surface area contributed by atoms with E-state index in [1.54, 1.807) is 6.20 Å². The summed E-state index contributed by atoms with van der Waals surface area (Å²) in [5.41, 5.74) is 4.08. The Kier molecular flexibility index (Phi) is 5.08. The van der Waals surface area contributed by atoms with Crippen LogP contribution in [0.25, 0.3) is 0 Å². The number of imidazole rings is 1. The van der Waals surface area contributed by atoms with Crippen molar-refractivity contribution in [1.29, 1.82) is 0 Å². The number of aromatic amines is 1. The zero-order valence-electron chi connectivity index (χ0n) is 16.5. The Labute approximate surface area is 160 Å². The normalized spacial score (nSPS) is 24.8. The molecular weight excluding hydrogens is 360 g/mol. The zero-order chi connectivity index (χ0) is 19.9. The van der Waals surface area contributed by atoms with Gasteiger partial charge in [-0.1, -0.05) is 39.4 Å². The summed E-state index contributed by atoms with van der Waals surface area (Å²) in [6.07, 6.45) is 2.41. The van der Waals surface area contributed by atoms with Crippen LogP contribution in [0.3, 0.4) is 0 Å². The molecule has 1 aromatic heterocycles. The van der Waals surface area contributed by atoms with Crippen molar-refractivity contribution in [1.82, 2.24) is 20.2 Å². The second-order valence-electron chi connectivity index (χ2n) is 8.91. The first kappa shape index (κ1) is 19.5. The molecule has 3 N–H and O–H groups in total. The fourth-order valence-corrected chi connectivity index (χ4v) is 4.16. The first-order valence-corrected chi connectivity index (χ1v) is 13.0. The van der Waals surface area contributed by atoms with Crippen LogP contribution < -0.4 is 5.32 Å². The van der Waals surface area contributed by atoms with Gasteiger partial charge in [0.1, 0.15) is 25.6 Å². The van der Waals surface area contributed by atoms with Gasteiger partial charge >= 0.3 is 6.09 Å². The van der Waals surface area contributed by atoms with Crippen molar-refractivity contribution < 1.29 is 14.7 Å². The van der Waals surface area contributed by atoms with Crippen LogP contribution in [0.15, 0.2) is 6.20 Å². The molecule has 2 heterocycles. The number of amides is 2. The van der Waals surface area contributed by atoms with Gasteiger partial charge in [0, 0.05) is 6.04 Å². The van der Waals surface area contributed by atoms with Gasteiger partial charge in [0.15, 0.2) is 0 Å². The minimum absolute atomic E-state index is 0.123. The Morgan fingerprint density at radius 2 is 2.07 bits per heavy atom. The molecule has 3 rings (SSSR count). The summed E-state index contributed by atoms with van der Waals surface area (Å²) in [6, 6.07) is -0.688. The molecule has 2 fully saturated rings. The molecule has 0 unspecified atom stereocenters. The van der Waals surface area contributed by atoms with E-state index in [-0.39, 0.29) is 23.9 Å². The summed E-state index contributed by atoms with van der Waals surface area (Å²) in [6.45, 7) is 10.3. The molecular formula is C19H28N4O3Si. The van der Waals surface area contributed by atoms with E-state index in [0.717, 1.165) is 24.4 Å². The fraction of sp³-hybridized carbons (Fsp3) is 0.632. The maximum Gasteiger partial charge on any atom is 0.405 e. The molecule has 1 saturated heterocycles. The van der Waals surface area contributed by atoms with Crippen LogP contribution in [-0.2, 0) is 4.79 Å². The average Bonchev–Trinajstić information content (AvgIpc) is 3.01. The Hall–Kier alpha value is -2.27. The van der Waals surface area contributed by atoms with E-state index in [1.807, 2.05) is 18.7 Å². The van der Waals surface area contributed by atoms with E-state index >= 15 is 0 Å². The molecule has 8 heteroatoms. The number of nitrogens with one attached hydrogen (secondary N) is 2. The first-order chi connectivity index (χ1) is 12.6. The maximum atomic E-state index is 13.1. The monoisotopic (exact) mass is 388 g/mol. The lowest BCUT2D eigenvalue weighted by Crippen LogP contribution is -2.51. The van der Waals surface area contributed by atoms with Gasteiger partial charge in [-0.15, -0.1) is 5.54 Å². The molecule has 2 aliphatic rings. The third-order valence-corrected chi connectivity index (χ3v) is 5.93. The number of hydrogen-bond acceptors (Lipinski definition) is 3. The lowest BCUT2D eigenvalue weighted by Gasteiger charge is -2.31. The third kappa shape index (κ3) is 4.35. The van der Waals surface area contributed by atoms with E-state index in [0.29, 0.717) is 5.92 Å². The number of carboxylic acid groups (broad SMARTS) is 1. The fourth-order valence-electron chi connectivity index (χ4n) is 3.65. The molecule has 1 aromatic rings. The first-order valence-electron chi connectivity index (χ1n) is 9.46. The second-order valence-corrected chi connectivity index (χ2v) is 13.7. The highest BCUT2D eigenvalue weighted by Gasteiger charge is 2.56. The van der Waals surface area contributed by atoms with Crippen LogP contribution in [0.2, 0.25) is 19.6 Å². The summed E-state index contributed by atoms with van der Waals surface area (Å²) in [5.74, 6) is 4.11. The van der Waals surface area contributed by atoms with Crippen LogP contribution in [0.5, 0.6) is 0 Å². The van der Waals surface area contributed by atoms with Crippen molar-refractivity contribution in [2.45, 2.75) is 64.5 Å². The number of nitrogens with zero attached hydrogens (tertiary/aromatic N) is 2. The molecule has 0 spiro atoms. The van der Waals surface area contributed by atoms with Gasteiger partial charge in [0.2, 0.25) is 5.91 Å². The number of hydrogen-bond donors (Lipinski definition) is 3. The van der Waals surface area contributed by atoms with Crippen LogP contribution >= 0.6 is 0 Å². The summed E-state index contributed by atoms with van der Waals surface area (Å²) < 4.78 is 0. The van der Waals surface area contributed by atoms with Gasteiger partial charge in [-0.2, -0.15) is 0 Å². The number of aromatic nitrogens is 2. The molecule has 7 nitrogen and oxygen atoms in total. The molecule has 1 saturated carbocycles. The van der Waals surface area contributed by atoms with Crippen molar-refractivity contribution in [2.75, 3.05) is 0 Å². The Morgan fingerprint density at radius 3 is 2.67 bits per heavy atom. The number of fused-ring (bicyclic) bond motifs is 1. The van der Waals surface area contributed by atoms with Crippen molar-refractivity contribution in [3.8, 4) is 11.5 Å². The Morgan fingerprint density at radius 1 is 1.37 bits per heavy atom. The summed E-state index contributed by atoms with van der Waals surface area (Å²) in [4.78, 5) is 33.9. The van der Waals surface area contributed by atoms with Crippen molar-refractivity contribution in [3.05, 3.63) is 17.7 Å². The van der Waals surface area contributed by atoms with Crippen LogP contribution in [0, 0.1) is 23.3 Å². The molecule has 0 bridgehead atoms. The largest absolute Gasteiger partial charge is 0.465 e. The Balaban J connectivity index is 1.82. The van der Waals surface area contributed by atoms with Crippen molar-refractivity contribution in [3.63, 3.8) is 0 Å². The SMILES string of the molecule is CC(C)[C@H](NC(=O)O)C(=O)N1[C@@H]2C[C@@H]2C[C@H]1c1ncc(C#C[Si](C)(C)C)[nH]1. The van der Waals surface area contributed by atoms with Gasteiger partial charge < -0.3 is 20.3 Å². The average molecular weight is 389 g/mol. The van der Waals surface area contributed by atoms with Crippen molar-refractivity contribution in [2.24, 2.45) is 11.8 Å². The van der Waals surface area contributed by atoms with Crippen molar-refractivity contribution >= 4 is 20.1 Å². The van der Waals surface area contributed by atoms with Gasteiger partial charge in [-0.05, 0) is 24.7 Å². The molecule has 0 aromatic carbocycles. The minimum Gasteiger partial charge on any atom is -0.465 e. The number of rotatable bonds is 4. The molecule has 1 aliphatic heterocycles. The van der Waals surface area contributed by atoms with E-state index in [4.69, 9.17) is 5.11 Å². The topological polar surface area (TPSA) is 98.3 Å². The highest BCUT2D eigenvalue weighted by atomic mass is 28.3. The quantitative estimate of drug-likeness (QED) is 0.545. The highest BCUT2D eigenvalue weighted by Crippen LogP contribution is 2.53. The van der Waals surface area contributed by atoms with E-state index in [2.05, 4.69) is 46.4 Å². The summed E-state index contributed by atoms with van der Waals surface area (Å²) >= 11 is 0. The predicted octanol–water partition coefficient (Wildman–Crippen LogP) is 2.59. The third-order valence-electron chi connectivity index (χ3n) is 5.05. The number of carbonyl (C=O) groups is 2. The second kappa shape index (κ2) is 7.04. The van der Waals surface area contributed by atoms with Gasteiger partial charge in [0.05, 0.1) is 12.2 Å². The van der Waals surface area contributed by atoms with Gasteiger partial charge in [-0.25, -0.2) is 9.78 Å². The van der Waals surface area contributed by atoms with Crippen LogP contribution in [-0.4, -0.2) is 52.1 Å². The van der Waals surface area contributed by atoms with E-state index < -0.39 is 20.2 Å². The molecule has 146 valence electrons. The number of piperidine rings is 1. The summed E-state index contributed by atoms with van der Waals surface area (Å²) in [7, 11) is -1.48.